The number of benzene rings is 1. The second kappa shape index (κ2) is 5.01. The maximum absolute atomic E-state index is 11.9. The lowest BCUT2D eigenvalue weighted by atomic mass is 10.3. The zero-order chi connectivity index (χ0) is 14.0. The molecule has 19 heavy (non-hydrogen) atoms. The summed E-state index contributed by atoms with van der Waals surface area (Å²) in [5, 5.41) is 13.3. The van der Waals surface area contributed by atoms with Gasteiger partial charge in [-0.1, -0.05) is 6.07 Å². The Bertz CT molecular complexity index is 605. The quantitative estimate of drug-likeness (QED) is 0.651. The van der Waals surface area contributed by atoms with Gasteiger partial charge >= 0.3 is 5.97 Å². The molecule has 3 N–H and O–H groups in total. The lowest BCUT2D eigenvalue weighted by Crippen LogP contribution is -2.12. The van der Waals surface area contributed by atoms with Gasteiger partial charge in [0, 0.05) is 12.1 Å². The van der Waals surface area contributed by atoms with Crippen LogP contribution in [0.4, 0.5) is 5.82 Å². The van der Waals surface area contributed by atoms with Crippen molar-refractivity contribution < 1.29 is 14.6 Å². The zero-order valence-corrected chi connectivity index (χ0v) is 10.7. The van der Waals surface area contributed by atoms with Crippen molar-refractivity contribution in [2.75, 3.05) is 5.73 Å². The Morgan fingerprint density at radius 1 is 1.47 bits per heavy atom. The van der Waals surface area contributed by atoms with Gasteiger partial charge in [-0.25, -0.2) is 9.48 Å². The van der Waals surface area contributed by atoms with E-state index in [-0.39, 0.29) is 28.9 Å². The first-order valence-electron chi connectivity index (χ1n) is 5.83. The van der Waals surface area contributed by atoms with Crippen LogP contribution in [0.25, 0.3) is 0 Å². The van der Waals surface area contributed by atoms with E-state index in [1.807, 2.05) is 13.8 Å². The molecule has 0 aliphatic rings. The van der Waals surface area contributed by atoms with Gasteiger partial charge in [0.15, 0.2) is 0 Å². The van der Waals surface area contributed by atoms with E-state index in [0.29, 0.717) is 0 Å². The number of esters is 1. The van der Waals surface area contributed by atoms with Gasteiger partial charge in [-0.2, -0.15) is 5.10 Å². The molecule has 0 unspecified atom stereocenters. The first-order chi connectivity index (χ1) is 8.99. The molecule has 0 amide bonds. The lowest BCUT2D eigenvalue weighted by Gasteiger charge is -2.08. The van der Waals surface area contributed by atoms with E-state index in [0.717, 1.165) is 0 Å². The average molecular weight is 261 g/mol. The zero-order valence-electron chi connectivity index (χ0n) is 10.7. The van der Waals surface area contributed by atoms with Crippen LogP contribution in [-0.2, 0) is 0 Å². The Balaban J connectivity index is 2.21. The molecule has 2 rings (SSSR count). The number of phenolic OH excluding ortho intramolecular Hbond substituents is 1. The summed E-state index contributed by atoms with van der Waals surface area (Å²) < 4.78 is 6.66. The molecule has 1 aromatic heterocycles. The van der Waals surface area contributed by atoms with Crippen molar-refractivity contribution >= 4 is 11.8 Å². The van der Waals surface area contributed by atoms with Gasteiger partial charge in [-0.05, 0) is 26.0 Å². The number of anilines is 1. The van der Waals surface area contributed by atoms with Crippen molar-refractivity contribution in [1.29, 1.82) is 0 Å². The smallest absolute Gasteiger partial charge is 0.348 e. The molecule has 0 spiro atoms. The molecule has 0 atom stereocenters. The number of carbonyl (C=O) groups is 1. The summed E-state index contributed by atoms with van der Waals surface area (Å²) in [5.74, 6) is -0.0620. The number of phenols is 1. The maximum Gasteiger partial charge on any atom is 0.348 e. The highest BCUT2D eigenvalue weighted by Crippen LogP contribution is 2.21. The van der Waals surface area contributed by atoms with Crippen LogP contribution in [0, 0.1) is 0 Å². The topological polar surface area (TPSA) is 90.4 Å². The molecule has 100 valence electrons. The minimum absolute atomic E-state index is 0.0242. The second-order valence-electron chi connectivity index (χ2n) is 4.37. The SMILES string of the molecule is CC(C)n1ncc(C(=O)Oc2cccc(O)c2)c1N. The first-order valence-corrected chi connectivity index (χ1v) is 5.83. The van der Waals surface area contributed by atoms with Gasteiger partial charge in [-0.15, -0.1) is 0 Å². The number of aromatic hydroxyl groups is 1. The number of nitrogens with two attached hydrogens (primary N) is 1. The Hall–Kier alpha value is -2.50. The van der Waals surface area contributed by atoms with Crippen molar-refractivity contribution in [2.24, 2.45) is 0 Å². The fourth-order valence-electron chi connectivity index (χ4n) is 1.65. The van der Waals surface area contributed by atoms with Crippen LogP contribution >= 0.6 is 0 Å². The van der Waals surface area contributed by atoms with Gasteiger partial charge in [-0.3, -0.25) is 0 Å². The second-order valence-corrected chi connectivity index (χ2v) is 4.37. The molecule has 0 aliphatic carbocycles. The highest BCUT2D eigenvalue weighted by atomic mass is 16.5. The third kappa shape index (κ3) is 2.67. The normalized spacial score (nSPS) is 10.7. The monoisotopic (exact) mass is 261 g/mol. The highest BCUT2D eigenvalue weighted by molar-refractivity contribution is 5.95. The summed E-state index contributed by atoms with van der Waals surface area (Å²) in [7, 11) is 0. The molecule has 6 nitrogen and oxygen atoms in total. The van der Waals surface area contributed by atoms with Crippen LogP contribution in [0.1, 0.15) is 30.2 Å². The summed E-state index contributed by atoms with van der Waals surface area (Å²) in [5.41, 5.74) is 6.04. The molecule has 1 aromatic carbocycles. The van der Waals surface area contributed by atoms with Crippen LogP contribution in [0.3, 0.4) is 0 Å². The summed E-state index contributed by atoms with van der Waals surface area (Å²) in [6.07, 6.45) is 1.38. The number of carbonyl (C=O) groups excluding carboxylic acids is 1. The molecule has 1 heterocycles. The van der Waals surface area contributed by atoms with E-state index in [1.165, 1.54) is 18.3 Å². The van der Waals surface area contributed by atoms with E-state index in [9.17, 15) is 9.90 Å². The number of nitrogens with zero attached hydrogens (tertiary/aromatic N) is 2. The minimum atomic E-state index is -0.602. The number of hydrogen-bond donors (Lipinski definition) is 2. The molecule has 0 saturated heterocycles. The van der Waals surface area contributed by atoms with Crippen LogP contribution in [0.15, 0.2) is 30.5 Å². The summed E-state index contributed by atoms with van der Waals surface area (Å²) in [6, 6.07) is 6.05. The van der Waals surface area contributed by atoms with Crippen molar-refractivity contribution in [2.45, 2.75) is 19.9 Å². The number of hydrogen-bond acceptors (Lipinski definition) is 5. The molecule has 0 bridgehead atoms. The van der Waals surface area contributed by atoms with Crippen molar-refractivity contribution in [3.8, 4) is 11.5 Å². The third-order valence-corrected chi connectivity index (χ3v) is 2.57. The fraction of sp³-hybridized carbons (Fsp3) is 0.231. The lowest BCUT2D eigenvalue weighted by molar-refractivity contribution is 0.0735. The van der Waals surface area contributed by atoms with E-state index in [2.05, 4.69) is 5.10 Å². The number of ether oxygens (including phenoxy) is 1. The minimum Gasteiger partial charge on any atom is -0.508 e. The molecular formula is C13H15N3O3. The molecule has 6 heteroatoms. The summed E-state index contributed by atoms with van der Waals surface area (Å²) in [6.45, 7) is 3.82. The standard InChI is InChI=1S/C13H15N3O3/c1-8(2)16-12(14)11(7-15-16)13(18)19-10-5-3-4-9(17)6-10/h3-8,17H,14H2,1-2H3. The van der Waals surface area contributed by atoms with Gasteiger partial charge < -0.3 is 15.6 Å². The largest absolute Gasteiger partial charge is 0.508 e. The first kappa shape index (κ1) is 12.9. The van der Waals surface area contributed by atoms with E-state index >= 15 is 0 Å². The Morgan fingerprint density at radius 2 is 2.21 bits per heavy atom. The molecule has 0 fully saturated rings. The maximum atomic E-state index is 11.9. The van der Waals surface area contributed by atoms with Crippen LogP contribution < -0.4 is 10.5 Å². The Kier molecular flexibility index (Phi) is 3.41. The molecule has 2 aromatic rings. The molecular weight excluding hydrogens is 246 g/mol. The van der Waals surface area contributed by atoms with Crippen molar-refractivity contribution in [3.05, 3.63) is 36.0 Å². The fourth-order valence-corrected chi connectivity index (χ4v) is 1.65. The van der Waals surface area contributed by atoms with Crippen molar-refractivity contribution in [1.82, 2.24) is 9.78 Å². The number of aromatic nitrogens is 2. The molecule has 0 radical (unpaired) electrons. The molecule has 0 saturated carbocycles. The predicted molar refractivity (Wildman–Crippen MR) is 70.1 cm³/mol. The number of rotatable bonds is 3. The number of nitrogen functional groups attached to an aromatic ring is 1. The van der Waals surface area contributed by atoms with Crippen LogP contribution in [0.2, 0.25) is 0 Å². The van der Waals surface area contributed by atoms with Gasteiger partial charge in [0.1, 0.15) is 22.9 Å². The van der Waals surface area contributed by atoms with Gasteiger partial charge in [0.05, 0.1) is 6.20 Å². The van der Waals surface area contributed by atoms with Crippen LogP contribution in [0.5, 0.6) is 11.5 Å². The summed E-state index contributed by atoms with van der Waals surface area (Å²) in [4.78, 5) is 11.9. The van der Waals surface area contributed by atoms with Gasteiger partial charge in [0.25, 0.3) is 0 Å². The van der Waals surface area contributed by atoms with Crippen molar-refractivity contribution in [3.63, 3.8) is 0 Å². The highest BCUT2D eigenvalue weighted by Gasteiger charge is 2.18. The Labute approximate surface area is 110 Å². The third-order valence-electron chi connectivity index (χ3n) is 2.57. The van der Waals surface area contributed by atoms with E-state index < -0.39 is 5.97 Å². The van der Waals surface area contributed by atoms with E-state index in [1.54, 1.807) is 16.8 Å². The predicted octanol–water partition coefficient (Wildman–Crippen LogP) is 1.97. The molecule has 0 aliphatic heterocycles. The summed E-state index contributed by atoms with van der Waals surface area (Å²) >= 11 is 0. The van der Waals surface area contributed by atoms with E-state index in [4.69, 9.17) is 10.5 Å². The van der Waals surface area contributed by atoms with Gasteiger partial charge in [0.2, 0.25) is 0 Å². The van der Waals surface area contributed by atoms with Crippen LogP contribution in [-0.4, -0.2) is 20.9 Å². The average Bonchev–Trinajstić information content (AvgIpc) is 2.71. The Morgan fingerprint density at radius 3 is 2.79 bits per heavy atom.